The molecule has 1 saturated carbocycles. The number of likely N-dealkylation sites (tertiary alicyclic amines) is 1. The Kier molecular flexibility index (Phi) is 7.27. The van der Waals surface area contributed by atoms with Gasteiger partial charge >= 0.3 is 11.9 Å². The standard InChI is InChI=1S/C33H38F3N7O2/c1-20(44)24-11-25-16-41(18-32(2,13-24)38-25)14-21-10-27(33(34,35)36)28-17-42(31(45)43(28)15-21)26-9-5-8-23(12-26)29(22-6-4-7-22)30-39-37-19-40(30)3/h5,8-10,12,15,17,19,22,24-25,29,38H,4,6-7,11,13-14,16,18H2,1-3H3/t24?,25?,29-,32+/m1/s1. The lowest BCUT2D eigenvalue weighted by Gasteiger charge is -2.51. The van der Waals surface area contributed by atoms with E-state index in [-0.39, 0.29) is 41.3 Å². The maximum atomic E-state index is 14.5. The monoisotopic (exact) mass is 621 g/mol. The van der Waals surface area contributed by atoms with Gasteiger partial charge in [0, 0.05) is 62.5 Å². The van der Waals surface area contributed by atoms with Gasteiger partial charge in [-0.3, -0.25) is 18.7 Å². The molecule has 5 heterocycles. The minimum atomic E-state index is -4.65. The first-order chi connectivity index (χ1) is 21.4. The van der Waals surface area contributed by atoms with Crippen LogP contribution in [0.5, 0.6) is 0 Å². The van der Waals surface area contributed by atoms with E-state index in [1.807, 2.05) is 29.8 Å². The summed E-state index contributed by atoms with van der Waals surface area (Å²) >= 11 is 0. The summed E-state index contributed by atoms with van der Waals surface area (Å²) in [7, 11) is 1.90. The molecule has 0 spiro atoms. The van der Waals surface area contributed by atoms with E-state index in [9.17, 15) is 22.8 Å². The summed E-state index contributed by atoms with van der Waals surface area (Å²) in [5.41, 5.74) is 0.00382. The molecular weight excluding hydrogens is 583 g/mol. The number of nitrogens with one attached hydrogen (secondary N) is 1. The molecule has 9 nitrogen and oxygen atoms in total. The minimum Gasteiger partial charge on any atom is -0.320 e. The SMILES string of the molecule is CC(=O)C1CC2CN(Cc3cc(C(F)(F)F)c4cn(-c5cccc([C@H](c6nncn6C)C6CCC6)c5)c(=O)n4c3)C[C@](C)(C1)N2. The van der Waals surface area contributed by atoms with Crippen molar-refractivity contribution in [3.63, 3.8) is 0 Å². The number of fused-ring (bicyclic) bond motifs is 3. The van der Waals surface area contributed by atoms with E-state index in [4.69, 9.17) is 0 Å². The number of pyridine rings is 1. The van der Waals surface area contributed by atoms with Gasteiger partial charge in [-0.2, -0.15) is 13.2 Å². The number of benzene rings is 1. The normalized spacial score (nSPS) is 24.9. The van der Waals surface area contributed by atoms with Gasteiger partial charge in [-0.25, -0.2) is 4.79 Å². The predicted molar refractivity (Wildman–Crippen MR) is 162 cm³/mol. The van der Waals surface area contributed by atoms with Crippen LogP contribution in [0, 0.1) is 11.8 Å². The van der Waals surface area contributed by atoms with Crippen LogP contribution in [0.2, 0.25) is 0 Å². The predicted octanol–water partition coefficient (Wildman–Crippen LogP) is 4.70. The fourth-order valence-corrected chi connectivity index (χ4v) is 7.96. The van der Waals surface area contributed by atoms with Crippen molar-refractivity contribution >= 4 is 11.3 Å². The Morgan fingerprint density at radius 3 is 2.64 bits per heavy atom. The molecule has 45 heavy (non-hydrogen) atoms. The van der Waals surface area contributed by atoms with Crippen LogP contribution in [0.15, 0.2) is 53.8 Å². The third-order valence-electron chi connectivity index (χ3n) is 10.1. The van der Waals surface area contributed by atoms with Crippen LogP contribution in [-0.2, 0) is 24.6 Å². The first kappa shape index (κ1) is 29.9. The number of hydrogen-bond acceptors (Lipinski definition) is 6. The minimum absolute atomic E-state index is 0.00202. The molecule has 3 aliphatic rings. The van der Waals surface area contributed by atoms with Gasteiger partial charge in [0.2, 0.25) is 0 Å². The maximum absolute atomic E-state index is 14.5. The fraction of sp³-hybridized carbons (Fsp3) is 0.515. The number of Topliss-reactive ketones (excluding diaryl/α,β-unsaturated/α-hetero) is 1. The van der Waals surface area contributed by atoms with Gasteiger partial charge < -0.3 is 9.88 Å². The average molecular weight is 622 g/mol. The van der Waals surface area contributed by atoms with E-state index in [1.54, 1.807) is 25.5 Å². The van der Waals surface area contributed by atoms with Crippen LogP contribution in [0.3, 0.4) is 0 Å². The van der Waals surface area contributed by atoms with Crippen LogP contribution < -0.4 is 11.0 Å². The number of piperidine rings is 1. The first-order valence-electron chi connectivity index (χ1n) is 15.7. The summed E-state index contributed by atoms with van der Waals surface area (Å²) in [5.74, 6) is 1.37. The molecule has 4 atom stereocenters. The van der Waals surface area contributed by atoms with Crippen LogP contribution in [-0.4, -0.2) is 59.1 Å². The molecule has 238 valence electrons. The van der Waals surface area contributed by atoms with E-state index in [1.165, 1.54) is 16.8 Å². The molecule has 0 amide bonds. The molecule has 2 aliphatic heterocycles. The Labute approximate surface area is 259 Å². The van der Waals surface area contributed by atoms with E-state index >= 15 is 0 Å². The van der Waals surface area contributed by atoms with Crippen molar-refractivity contribution in [1.82, 2.24) is 33.9 Å². The van der Waals surface area contributed by atoms with Gasteiger partial charge in [-0.15, -0.1) is 10.2 Å². The Balaban J connectivity index is 1.24. The molecule has 0 radical (unpaired) electrons. The highest BCUT2D eigenvalue weighted by atomic mass is 19.4. The lowest BCUT2D eigenvalue weighted by atomic mass is 9.72. The number of aromatic nitrogens is 5. The largest absolute Gasteiger partial charge is 0.418 e. The number of piperazine rings is 1. The number of halogens is 3. The molecule has 1 aromatic carbocycles. The summed E-state index contributed by atoms with van der Waals surface area (Å²) < 4.78 is 47.8. The Bertz CT molecular complexity index is 1820. The fourth-order valence-electron chi connectivity index (χ4n) is 7.96. The van der Waals surface area contributed by atoms with Crippen LogP contribution >= 0.6 is 0 Å². The van der Waals surface area contributed by atoms with Crippen molar-refractivity contribution in [3.05, 3.63) is 82.1 Å². The molecule has 7 rings (SSSR count). The molecule has 12 heteroatoms. The Morgan fingerprint density at radius 2 is 2.00 bits per heavy atom. The quantitative estimate of drug-likeness (QED) is 0.322. The molecular formula is C33H38F3N7O2. The number of nitrogens with zero attached hydrogens (tertiary/aromatic N) is 6. The van der Waals surface area contributed by atoms with E-state index < -0.39 is 17.4 Å². The van der Waals surface area contributed by atoms with E-state index in [0.717, 1.165) is 35.1 Å². The maximum Gasteiger partial charge on any atom is 0.418 e. The number of rotatable bonds is 7. The van der Waals surface area contributed by atoms with Crippen molar-refractivity contribution in [2.45, 2.75) is 76.2 Å². The van der Waals surface area contributed by atoms with Crippen molar-refractivity contribution in [3.8, 4) is 5.69 Å². The Morgan fingerprint density at radius 1 is 1.20 bits per heavy atom. The second kappa shape index (κ2) is 10.9. The van der Waals surface area contributed by atoms with Crippen LogP contribution in [0.1, 0.15) is 74.4 Å². The van der Waals surface area contributed by atoms with Gasteiger partial charge in [0.15, 0.2) is 0 Å². The highest BCUT2D eigenvalue weighted by Gasteiger charge is 2.43. The summed E-state index contributed by atoms with van der Waals surface area (Å²) in [6.07, 6.45) is 4.52. The van der Waals surface area contributed by atoms with Crippen molar-refractivity contribution in [2.75, 3.05) is 13.1 Å². The summed E-state index contributed by atoms with van der Waals surface area (Å²) in [6.45, 7) is 5.19. The van der Waals surface area contributed by atoms with Crippen LogP contribution in [0.25, 0.3) is 11.2 Å². The van der Waals surface area contributed by atoms with Gasteiger partial charge in [0.05, 0.1) is 16.8 Å². The zero-order valence-corrected chi connectivity index (χ0v) is 25.7. The molecule has 3 fully saturated rings. The second-order valence-corrected chi connectivity index (χ2v) is 13.7. The number of alkyl halides is 3. The molecule has 1 aliphatic carbocycles. The number of carbonyl (C=O) groups is 1. The lowest BCUT2D eigenvalue weighted by Crippen LogP contribution is -2.67. The zero-order chi connectivity index (χ0) is 31.7. The second-order valence-electron chi connectivity index (χ2n) is 13.7. The molecule has 4 aromatic rings. The van der Waals surface area contributed by atoms with Gasteiger partial charge in [-0.05, 0) is 74.8 Å². The molecule has 2 saturated heterocycles. The zero-order valence-electron chi connectivity index (χ0n) is 25.7. The molecule has 2 bridgehead atoms. The first-order valence-corrected chi connectivity index (χ1v) is 15.7. The number of imidazole rings is 1. The van der Waals surface area contributed by atoms with Crippen LogP contribution in [0.4, 0.5) is 13.2 Å². The Hall–Kier alpha value is -3.77. The summed E-state index contributed by atoms with van der Waals surface area (Å²) in [5, 5.41) is 12.1. The number of hydrogen-bond donors (Lipinski definition) is 1. The average Bonchev–Trinajstić information content (AvgIpc) is 3.51. The van der Waals surface area contributed by atoms with Gasteiger partial charge in [-0.1, -0.05) is 18.6 Å². The highest BCUT2D eigenvalue weighted by molar-refractivity contribution is 5.78. The van der Waals surface area contributed by atoms with Gasteiger partial charge in [0.1, 0.15) is 17.9 Å². The summed E-state index contributed by atoms with van der Waals surface area (Å²) in [4.78, 5) is 28.1. The smallest absolute Gasteiger partial charge is 0.320 e. The topological polar surface area (TPSA) is 89.5 Å². The van der Waals surface area contributed by atoms with Crippen molar-refractivity contribution < 1.29 is 18.0 Å². The highest BCUT2D eigenvalue weighted by Crippen LogP contribution is 2.43. The van der Waals surface area contributed by atoms with E-state index in [0.29, 0.717) is 43.1 Å². The third kappa shape index (κ3) is 5.52. The third-order valence-corrected chi connectivity index (χ3v) is 10.1. The van der Waals surface area contributed by atoms with E-state index in [2.05, 4.69) is 27.3 Å². The molecule has 2 unspecified atom stereocenters. The number of aryl methyl sites for hydroxylation is 1. The number of carbonyl (C=O) groups excluding carboxylic acids is 1. The number of ketones is 1. The van der Waals surface area contributed by atoms with Crippen molar-refractivity contribution in [2.24, 2.45) is 18.9 Å². The molecule has 3 aromatic heterocycles. The molecule has 1 N–H and O–H groups in total. The summed E-state index contributed by atoms with van der Waals surface area (Å²) in [6, 6.07) is 8.73. The van der Waals surface area contributed by atoms with Gasteiger partial charge in [0.25, 0.3) is 0 Å². The lowest BCUT2D eigenvalue weighted by molar-refractivity contribution is -0.136. The van der Waals surface area contributed by atoms with Crippen molar-refractivity contribution in [1.29, 1.82) is 0 Å².